The number of nitrogens with one attached hydrogen (secondary N) is 1. The number of hydrogen-bond acceptors (Lipinski definition) is 3. The number of nitrogens with two attached hydrogens (primary N) is 1. The Balaban J connectivity index is 1.87. The van der Waals surface area contributed by atoms with Crippen LogP contribution in [0.4, 0.5) is 5.00 Å². The molecule has 1 aromatic rings. The van der Waals surface area contributed by atoms with Crippen molar-refractivity contribution in [2.75, 3.05) is 5.32 Å². The van der Waals surface area contributed by atoms with Crippen LogP contribution in [0.25, 0.3) is 0 Å². The summed E-state index contributed by atoms with van der Waals surface area (Å²) in [6.07, 6.45) is 8.63. The Kier molecular flexibility index (Phi) is 3.68. The average Bonchev–Trinajstić information content (AvgIpc) is 2.98. The topological polar surface area (TPSA) is 72.2 Å². The minimum atomic E-state index is -0.450. The van der Waals surface area contributed by atoms with Gasteiger partial charge in [-0.1, -0.05) is 17.7 Å². The maximum absolute atomic E-state index is 12.3. The fourth-order valence-corrected chi connectivity index (χ4v) is 4.23. The first-order valence-electron chi connectivity index (χ1n) is 7.19. The van der Waals surface area contributed by atoms with Crippen molar-refractivity contribution in [3.8, 4) is 0 Å². The van der Waals surface area contributed by atoms with Crippen LogP contribution in [0, 0.1) is 0 Å². The van der Waals surface area contributed by atoms with E-state index in [9.17, 15) is 9.59 Å². The van der Waals surface area contributed by atoms with Gasteiger partial charge in [-0.05, 0) is 44.6 Å². The number of carbonyl (C=O) groups is 2. The molecular weight excluding hydrogens is 284 g/mol. The highest BCUT2D eigenvalue weighted by atomic mass is 32.1. The van der Waals surface area contributed by atoms with Crippen molar-refractivity contribution in [2.45, 2.75) is 39.0 Å². The van der Waals surface area contributed by atoms with Crippen molar-refractivity contribution in [1.82, 2.24) is 0 Å². The molecule has 21 heavy (non-hydrogen) atoms. The lowest BCUT2D eigenvalue weighted by Crippen LogP contribution is -2.19. The van der Waals surface area contributed by atoms with E-state index in [1.54, 1.807) is 0 Å². The smallest absolute Gasteiger partial charge is 0.255 e. The zero-order valence-corrected chi connectivity index (χ0v) is 12.8. The maximum Gasteiger partial charge on any atom is 0.255 e. The van der Waals surface area contributed by atoms with Crippen LogP contribution < -0.4 is 11.1 Å². The lowest BCUT2D eigenvalue weighted by Gasteiger charge is -2.11. The number of thiophene rings is 1. The first-order valence-corrected chi connectivity index (χ1v) is 8.01. The number of allylic oxidation sites excluding steroid dienone is 2. The van der Waals surface area contributed by atoms with Crippen molar-refractivity contribution in [2.24, 2.45) is 5.73 Å². The van der Waals surface area contributed by atoms with E-state index in [0.29, 0.717) is 16.1 Å². The SMILES string of the molecule is CC1=CC(C(=O)Nc2sc3c(c2C(N)=O)CCC3)=CCC1. The van der Waals surface area contributed by atoms with Crippen molar-refractivity contribution >= 4 is 28.2 Å². The Morgan fingerprint density at radius 2 is 2.10 bits per heavy atom. The van der Waals surface area contributed by atoms with Crippen LogP contribution in [0.1, 0.15) is 47.0 Å². The summed E-state index contributed by atoms with van der Waals surface area (Å²) in [5, 5.41) is 3.48. The molecule has 2 aliphatic carbocycles. The van der Waals surface area contributed by atoms with Crippen LogP contribution in [-0.4, -0.2) is 11.8 Å². The Hall–Kier alpha value is -1.88. The molecule has 0 saturated carbocycles. The Bertz CT molecular complexity index is 683. The molecule has 0 saturated heterocycles. The number of aryl methyl sites for hydroxylation is 1. The van der Waals surface area contributed by atoms with Crippen molar-refractivity contribution in [3.05, 3.63) is 39.3 Å². The van der Waals surface area contributed by atoms with Gasteiger partial charge in [0.25, 0.3) is 11.8 Å². The third-order valence-electron chi connectivity index (χ3n) is 3.96. The molecule has 0 spiro atoms. The second-order valence-corrected chi connectivity index (χ2v) is 6.67. The van der Waals surface area contributed by atoms with E-state index in [1.165, 1.54) is 21.8 Å². The quantitative estimate of drug-likeness (QED) is 0.901. The maximum atomic E-state index is 12.3. The highest BCUT2D eigenvalue weighted by Crippen LogP contribution is 2.39. The van der Waals surface area contributed by atoms with Crippen LogP contribution in [0.15, 0.2) is 23.3 Å². The van der Waals surface area contributed by atoms with E-state index in [4.69, 9.17) is 5.73 Å². The predicted octanol–water partition coefficient (Wildman–Crippen LogP) is 2.94. The summed E-state index contributed by atoms with van der Waals surface area (Å²) in [5.74, 6) is -0.606. The number of hydrogen-bond donors (Lipinski definition) is 2. The van der Waals surface area contributed by atoms with E-state index in [0.717, 1.165) is 37.7 Å². The zero-order chi connectivity index (χ0) is 15.0. The number of fused-ring (bicyclic) bond motifs is 1. The molecule has 0 atom stereocenters. The molecule has 110 valence electrons. The second kappa shape index (κ2) is 5.48. The third-order valence-corrected chi connectivity index (χ3v) is 5.17. The monoisotopic (exact) mass is 302 g/mol. The van der Waals surface area contributed by atoms with E-state index in [1.807, 2.05) is 19.1 Å². The Morgan fingerprint density at radius 3 is 2.81 bits per heavy atom. The summed E-state index contributed by atoms with van der Waals surface area (Å²) in [6, 6.07) is 0. The van der Waals surface area contributed by atoms with Gasteiger partial charge in [0, 0.05) is 10.5 Å². The molecule has 1 heterocycles. The van der Waals surface area contributed by atoms with Gasteiger partial charge in [-0.2, -0.15) is 0 Å². The molecule has 0 unspecified atom stereocenters. The van der Waals surface area contributed by atoms with Crippen LogP contribution in [0.3, 0.4) is 0 Å². The van der Waals surface area contributed by atoms with Gasteiger partial charge < -0.3 is 11.1 Å². The minimum absolute atomic E-state index is 0.156. The van der Waals surface area contributed by atoms with Crippen molar-refractivity contribution in [1.29, 1.82) is 0 Å². The first-order chi connectivity index (χ1) is 10.1. The fraction of sp³-hybridized carbons (Fsp3) is 0.375. The van der Waals surface area contributed by atoms with Crippen LogP contribution in [0.5, 0.6) is 0 Å². The Morgan fingerprint density at radius 1 is 1.29 bits per heavy atom. The molecule has 0 aromatic carbocycles. The van der Waals surface area contributed by atoms with Gasteiger partial charge in [0.15, 0.2) is 0 Å². The highest BCUT2D eigenvalue weighted by molar-refractivity contribution is 7.17. The third kappa shape index (κ3) is 2.65. The molecule has 0 aliphatic heterocycles. The Labute approximate surface area is 127 Å². The lowest BCUT2D eigenvalue weighted by atomic mass is 10.0. The number of amides is 2. The summed E-state index contributed by atoms with van der Waals surface area (Å²) in [4.78, 5) is 25.2. The number of anilines is 1. The standard InChI is InChI=1S/C16H18N2O2S/c1-9-4-2-5-10(8-9)15(20)18-16-13(14(17)19)11-6-3-7-12(11)21-16/h5,8H,2-4,6-7H2,1H3,(H2,17,19)(H,18,20). The minimum Gasteiger partial charge on any atom is -0.365 e. The molecule has 2 aliphatic rings. The van der Waals surface area contributed by atoms with Gasteiger partial charge in [-0.25, -0.2) is 0 Å². The van der Waals surface area contributed by atoms with E-state index >= 15 is 0 Å². The number of rotatable bonds is 3. The molecule has 5 heteroatoms. The number of carbonyl (C=O) groups excluding carboxylic acids is 2. The molecule has 3 rings (SSSR count). The second-order valence-electron chi connectivity index (χ2n) is 5.57. The van der Waals surface area contributed by atoms with Gasteiger partial charge in [0.1, 0.15) is 5.00 Å². The van der Waals surface area contributed by atoms with Crippen LogP contribution in [0.2, 0.25) is 0 Å². The zero-order valence-electron chi connectivity index (χ0n) is 12.0. The molecule has 1 aromatic heterocycles. The molecule has 0 bridgehead atoms. The summed E-state index contributed by atoms with van der Waals surface area (Å²) in [7, 11) is 0. The molecule has 4 nitrogen and oxygen atoms in total. The lowest BCUT2D eigenvalue weighted by molar-refractivity contribution is -0.112. The molecule has 0 fully saturated rings. The number of primary amides is 1. The van der Waals surface area contributed by atoms with Gasteiger partial charge in [-0.15, -0.1) is 11.3 Å². The summed E-state index contributed by atoms with van der Waals surface area (Å²) in [6.45, 7) is 2.02. The predicted molar refractivity (Wildman–Crippen MR) is 84.6 cm³/mol. The highest BCUT2D eigenvalue weighted by Gasteiger charge is 2.26. The summed E-state index contributed by atoms with van der Waals surface area (Å²) >= 11 is 1.49. The normalized spacial score (nSPS) is 17.0. The molecule has 2 amide bonds. The van der Waals surface area contributed by atoms with Gasteiger partial charge in [-0.3, -0.25) is 9.59 Å². The summed E-state index contributed by atoms with van der Waals surface area (Å²) in [5.41, 5.74) is 8.91. The van der Waals surface area contributed by atoms with Crippen LogP contribution in [-0.2, 0) is 17.6 Å². The van der Waals surface area contributed by atoms with E-state index < -0.39 is 5.91 Å². The van der Waals surface area contributed by atoms with Crippen molar-refractivity contribution < 1.29 is 9.59 Å². The van der Waals surface area contributed by atoms with E-state index in [2.05, 4.69) is 5.32 Å². The van der Waals surface area contributed by atoms with E-state index in [-0.39, 0.29) is 5.91 Å². The van der Waals surface area contributed by atoms with Gasteiger partial charge in [0.2, 0.25) is 0 Å². The molecule has 0 radical (unpaired) electrons. The van der Waals surface area contributed by atoms with Crippen molar-refractivity contribution in [3.63, 3.8) is 0 Å². The average molecular weight is 302 g/mol. The van der Waals surface area contributed by atoms with Crippen LogP contribution >= 0.6 is 11.3 Å². The molecular formula is C16H18N2O2S. The largest absolute Gasteiger partial charge is 0.365 e. The fourth-order valence-electron chi connectivity index (χ4n) is 2.94. The van der Waals surface area contributed by atoms with Gasteiger partial charge >= 0.3 is 0 Å². The molecule has 3 N–H and O–H groups in total. The van der Waals surface area contributed by atoms with Gasteiger partial charge in [0.05, 0.1) is 5.56 Å². The first kappa shape index (κ1) is 14.1. The summed E-state index contributed by atoms with van der Waals surface area (Å²) < 4.78 is 0.